The number of aryl methyl sites for hydroxylation is 1. The fraction of sp³-hybridized carbons (Fsp3) is 0.571. The summed E-state index contributed by atoms with van der Waals surface area (Å²) in [6.07, 6.45) is 13.8. The van der Waals surface area contributed by atoms with Gasteiger partial charge in [-0.25, -0.2) is 19.6 Å². The number of hydrogen-bond acceptors (Lipinski definition) is 11. The third kappa shape index (κ3) is 6.92. The van der Waals surface area contributed by atoms with Gasteiger partial charge in [-0.15, -0.1) is 11.3 Å². The molecule has 15 heteroatoms. The highest BCUT2D eigenvalue weighted by molar-refractivity contribution is 7.17. The molecule has 5 heterocycles. The molecule has 2 aliphatic carbocycles. The van der Waals surface area contributed by atoms with Crippen LogP contribution in [-0.4, -0.2) is 91.8 Å². The number of hydrogen-bond donors (Lipinski definition) is 2. The summed E-state index contributed by atoms with van der Waals surface area (Å²) < 4.78 is 19.9. The number of imidazole rings is 1. The molecule has 2 aliphatic heterocycles. The van der Waals surface area contributed by atoms with Crippen molar-refractivity contribution in [3.8, 4) is 17.5 Å². The second-order valence-corrected chi connectivity index (χ2v) is 14.6. The Bertz CT molecular complexity index is 1790. The molecule has 3 fully saturated rings. The van der Waals surface area contributed by atoms with Gasteiger partial charge in [0.05, 0.1) is 19.2 Å². The van der Waals surface area contributed by atoms with Crippen LogP contribution < -0.4 is 15.4 Å². The number of aromatic nitrogens is 4. The summed E-state index contributed by atoms with van der Waals surface area (Å²) >= 11 is 1.43. The third-order valence-electron chi connectivity index (χ3n) is 10.2. The number of methoxy groups -OCH3 is 1. The summed E-state index contributed by atoms with van der Waals surface area (Å²) in [5, 5.41) is 7.71. The number of carbonyl (C=O) groups is 4. The normalized spacial score (nSPS) is 27.5. The largest absolute Gasteiger partial charge is 0.471 e. The number of amides is 3. The van der Waals surface area contributed by atoms with Gasteiger partial charge in [-0.3, -0.25) is 9.59 Å². The van der Waals surface area contributed by atoms with Crippen LogP contribution >= 0.6 is 11.3 Å². The van der Waals surface area contributed by atoms with E-state index in [1.807, 2.05) is 35.2 Å². The van der Waals surface area contributed by atoms with E-state index >= 15 is 0 Å². The van der Waals surface area contributed by atoms with Gasteiger partial charge < -0.3 is 34.3 Å². The quantitative estimate of drug-likeness (QED) is 0.282. The lowest BCUT2D eigenvalue weighted by Gasteiger charge is -2.29. The average Bonchev–Trinajstić information content (AvgIpc) is 3.71. The van der Waals surface area contributed by atoms with Crippen molar-refractivity contribution < 1.29 is 33.4 Å². The topological polar surface area (TPSA) is 167 Å². The van der Waals surface area contributed by atoms with Crippen molar-refractivity contribution in [3.63, 3.8) is 0 Å². The van der Waals surface area contributed by atoms with E-state index < -0.39 is 47.6 Å². The predicted octanol–water partition coefficient (Wildman–Crippen LogP) is 4.05. The fourth-order valence-corrected chi connectivity index (χ4v) is 8.17. The summed E-state index contributed by atoms with van der Waals surface area (Å²) in [7, 11) is 3.16. The number of thiophene rings is 1. The fourth-order valence-electron chi connectivity index (χ4n) is 7.40. The van der Waals surface area contributed by atoms with Crippen LogP contribution in [0.2, 0.25) is 0 Å². The minimum atomic E-state index is -1.20. The first-order chi connectivity index (χ1) is 24.3. The molecule has 2 saturated carbocycles. The van der Waals surface area contributed by atoms with E-state index in [9.17, 15) is 19.2 Å². The molecule has 50 heavy (non-hydrogen) atoms. The molecule has 266 valence electrons. The van der Waals surface area contributed by atoms with Crippen LogP contribution in [0, 0.1) is 5.92 Å². The molecule has 0 aromatic carbocycles. The number of carbonyl (C=O) groups excluding carboxylic acids is 4. The molecule has 7 rings (SSSR count). The molecule has 0 unspecified atom stereocenters. The van der Waals surface area contributed by atoms with E-state index in [-0.39, 0.29) is 25.0 Å². The minimum Gasteiger partial charge on any atom is -0.471 e. The van der Waals surface area contributed by atoms with Gasteiger partial charge in [-0.1, -0.05) is 25.0 Å². The molecule has 5 atom stereocenters. The van der Waals surface area contributed by atoms with Crippen LogP contribution in [0.3, 0.4) is 0 Å². The number of fused-ring (bicyclic) bond motifs is 3. The monoisotopic (exact) mass is 705 g/mol. The standard InChI is InChI=1S/C35H43N7O7S/c1-41-16-15-36-29(41)28-37-24-14-17-50-27(24)31(39-28)48-23-18-26-30(43)40-35(33(45)47-2)19-21(35)10-6-4-3-5-7-13-25(32(44)42(26)20-23)38-34(46)49-22-11-8-9-12-22/h6,10,14-17,21-23,25-26H,3-5,7-9,11-13,18-20H2,1-2H3,(H,38,46)(H,40,43)/t21-,23-,25+,26+,35-/m1/s1. The predicted molar refractivity (Wildman–Crippen MR) is 183 cm³/mol. The molecule has 2 N–H and O–H groups in total. The highest BCUT2D eigenvalue weighted by Crippen LogP contribution is 2.46. The molecule has 3 aromatic rings. The lowest BCUT2D eigenvalue weighted by Crippen LogP contribution is -2.56. The molecule has 0 radical (unpaired) electrons. The van der Waals surface area contributed by atoms with Crippen molar-refractivity contribution in [2.24, 2.45) is 13.0 Å². The number of ether oxygens (including phenoxy) is 3. The van der Waals surface area contributed by atoms with Gasteiger partial charge in [0.2, 0.25) is 17.7 Å². The third-order valence-corrected chi connectivity index (χ3v) is 11.1. The van der Waals surface area contributed by atoms with Crippen LogP contribution in [-0.2, 0) is 30.9 Å². The number of alkyl carbamates (subject to hydrolysis) is 1. The number of allylic oxidation sites excluding steroid dienone is 1. The van der Waals surface area contributed by atoms with Crippen LogP contribution in [0.1, 0.15) is 70.6 Å². The van der Waals surface area contributed by atoms with Crippen LogP contribution in [0.4, 0.5) is 4.79 Å². The Morgan fingerprint density at radius 3 is 2.68 bits per heavy atom. The van der Waals surface area contributed by atoms with Crippen LogP contribution in [0.5, 0.6) is 5.88 Å². The van der Waals surface area contributed by atoms with Crippen LogP contribution in [0.15, 0.2) is 36.0 Å². The van der Waals surface area contributed by atoms with Gasteiger partial charge in [0.1, 0.15) is 34.5 Å². The second kappa shape index (κ2) is 14.4. The minimum absolute atomic E-state index is 0.0654. The molecular weight excluding hydrogens is 662 g/mol. The number of nitrogens with one attached hydrogen (secondary N) is 2. The molecular formula is C35H43N7O7S. The molecule has 4 aliphatic rings. The number of esters is 1. The van der Waals surface area contributed by atoms with Crippen molar-refractivity contribution in [1.29, 1.82) is 0 Å². The maximum Gasteiger partial charge on any atom is 0.408 e. The molecule has 14 nitrogen and oxygen atoms in total. The van der Waals surface area contributed by atoms with E-state index in [0.717, 1.165) is 49.6 Å². The Hall–Kier alpha value is -4.53. The smallest absolute Gasteiger partial charge is 0.408 e. The Morgan fingerprint density at radius 2 is 1.90 bits per heavy atom. The zero-order valence-corrected chi connectivity index (χ0v) is 29.2. The lowest BCUT2D eigenvalue weighted by atomic mass is 10.0. The van der Waals surface area contributed by atoms with E-state index in [0.29, 0.717) is 42.3 Å². The molecule has 0 spiro atoms. The van der Waals surface area contributed by atoms with Crippen molar-refractivity contribution >= 4 is 45.4 Å². The Morgan fingerprint density at radius 1 is 1.08 bits per heavy atom. The second-order valence-electron chi connectivity index (χ2n) is 13.7. The molecule has 0 bridgehead atoms. The van der Waals surface area contributed by atoms with Gasteiger partial charge in [-0.05, 0) is 62.8 Å². The Labute approximate surface area is 294 Å². The van der Waals surface area contributed by atoms with E-state index in [2.05, 4.69) is 20.6 Å². The van der Waals surface area contributed by atoms with E-state index in [4.69, 9.17) is 19.2 Å². The lowest BCUT2D eigenvalue weighted by molar-refractivity contribution is -0.148. The summed E-state index contributed by atoms with van der Waals surface area (Å²) in [6.45, 7) is 0.0654. The zero-order chi connectivity index (χ0) is 34.8. The maximum atomic E-state index is 14.4. The van der Waals surface area contributed by atoms with Crippen molar-refractivity contribution in [1.82, 2.24) is 35.1 Å². The number of rotatable bonds is 6. The Balaban J connectivity index is 1.18. The first-order valence-corrected chi connectivity index (χ1v) is 18.4. The summed E-state index contributed by atoms with van der Waals surface area (Å²) in [4.78, 5) is 70.0. The van der Waals surface area contributed by atoms with Gasteiger partial charge >= 0.3 is 12.1 Å². The molecule has 3 aromatic heterocycles. The van der Waals surface area contributed by atoms with E-state index in [1.165, 1.54) is 23.3 Å². The summed E-state index contributed by atoms with van der Waals surface area (Å²) in [6, 6.07) is -0.00121. The first kappa shape index (κ1) is 33.9. The zero-order valence-electron chi connectivity index (χ0n) is 28.3. The number of nitrogens with zero attached hydrogens (tertiary/aromatic N) is 5. The Kier molecular flexibility index (Phi) is 9.76. The highest BCUT2D eigenvalue weighted by atomic mass is 32.1. The molecule has 1 saturated heterocycles. The SMILES string of the molecule is COC(=O)[C@@]12C[C@H]1C=CCCCCC[C@H](NC(=O)OC1CCCC1)C(=O)N1C[C@H](Oc3nc(-c4nccn4C)nc4ccsc34)C[C@H]1C(=O)N2. The van der Waals surface area contributed by atoms with Crippen molar-refractivity contribution in [3.05, 3.63) is 36.0 Å². The van der Waals surface area contributed by atoms with Gasteiger partial charge in [0, 0.05) is 31.8 Å². The van der Waals surface area contributed by atoms with E-state index in [1.54, 1.807) is 12.4 Å². The average molecular weight is 706 g/mol. The molecule has 3 amide bonds. The van der Waals surface area contributed by atoms with Gasteiger partial charge in [-0.2, -0.15) is 4.98 Å². The maximum absolute atomic E-state index is 14.4. The van der Waals surface area contributed by atoms with Crippen molar-refractivity contribution in [2.45, 2.75) is 100 Å². The highest BCUT2D eigenvalue weighted by Gasteiger charge is 2.62. The summed E-state index contributed by atoms with van der Waals surface area (Å²) in [5.74, 6) is -0.328. The van der Waals surface area contributed by atoms with Crippen LogP contribution in [0.25, 0.3) is 21.9 Å². The summed E-state index contributed by atoms with van der Waals surface area (Å²) in [5.41, 5.74) is -0.511. The van der Waals surface area contributed by atoms with Crippen molar-refractivity contribution in [2.75, 3.05) is 13.7 Å². The first-order valence-electron chi connectivity index (χ1n) is 17.5. The van der Waals surface area contributed by atoms with Gasteiger partial charge in [0.15, 0.2) is 11.6 Å². The van der Waals surface area contributed by atoms with Gasteiger partial charge in [0.25, 0.3) is 0 Å².